The molecule has 18 heavy (non-hydrogen) atoms. The molecule has 0 saturated heterocycles. The van der Waals surface area contributed by atoms with Gasteiger partial charge in [-0.25, -0.2) is 9.97 Å². The Balaban J connectivity index is 2.22. The van der Waals surface area contributed by atoms with Gasteiger partial charge in [0.15, 0.2) is 11.6 Å². The highest BCUT2D eigenvalue weighted by atomic mass is 16.5. The predicted molar refractivity (Wildman–Crippen MR) is 67.6 cm³/mol. The van der Waals surface area contributed by atoms with E-state index in [0.29, 0.717) is 23.9 Å². The SMILES string of the molecule is COc1c(N)ncnc1-c1cccc2c1OCC2. The number of benzene rings is 1. The zero-order valence-corrected chi connectivity index (χ0v) is 10.0. The predicted octanol–water partition coefficient (Wildman–Crippen LogP) is 1.67. The third-order valence-corrected chi connectivity index (χ3v) is 3.00. The van der Waals surface area contributed by atoms with Gasteiger partial charge in [-0.1, -0.05) is 12.1 Å². The van der Waals surface area contributed by atoms with Crippen molar-refractivity contribution in [3.05, 3.63) is 30.1 Å². The summed E-state index contributed by atoms with van der Waals surface area (Å²) < 4.78 is 11.0. The molecule has 2 aromatic rings. The largest absolute Gasteiger partial charge is 0.492 e. The van der Waals surface area contributed by atoms with E-state index < -0.39 is 0 Å². The Bertz CT molecular complexity index is 587. The summed E-state index contributed by atoms with van der Waals surface area (Å²) >= 11 is 0. The fourth-order valence-electron chi connectivity index (χ4n) is 2.18. The molecule has 1 aromatic heterocycles. The molecule has 0 aliphatic carbocycles. The van der Waals surface area contributed by atoms with E-state index in [9.17, 15) is 0 Å². The molecule has 5 heteroatoms. The third-order valence-electron chi connectivity index (χ3n) is 3.00. The van der Waals surface area contributed by atoms with Gasteiger partial charge in [0.1, 0.15) is 17.8 Å². The highest BCUT2D eigenvalue weighted by Gasteiger charge is 2.21. The lowest BCUT2D eigenvalue weighted by Crippen LogP contribution is -2.00. The van der Waals surface area contributed by atoms with E-state index >= 15 is 0 Å². The summed E-state index contributed by atoms with van der Waals surface area (Å²) in [6.45, 7) is 0.704. The molecule has 1 aromatic carbocycles. The van der Waals surface area contributed by atoms with Crippen LogP contribution >= 0.6 is 0 Å². The quantitative estimate of drug-likeness (QED) is 0.868. The summed E-state index contributed by atoms with van der Waals surface area (Å²) in [5.74, 6) is 1.69. The van der Waals surface area contributed by atoms with E-state index in [0.717, 1.165) is 17.7 Å². The highest BCUT2D eigenvalue weighted by Crippen LogP contribution is 2.40. The van der Waals surface area contributed by atoms with Gasteiger partial charge < -0.3 is 15.2 Å². The van der Waals surface area contributed by atoms with Gasteiger partial charge in [-0.3, -0.25) is 0 Å². The topological polar surface area (TPSA) is 70.3 Å². The number of nitrogen functional groups attached to an aromatic ring is 1. The van der Waals surface area contributed by atoms with Crippen LogP contribution in [0.3, 0.4) is 0 Å². The molecule has 1 aliphatic rings. The Morgan fingerprint density at radius 3 is 3.06 bits per heavy atom. The van der Waals surface area contributed by atoms with Crippen molar-refractivity contribution >= 4 is 5.82 Å². The molecule has 0 amide bonds. The van der Waals surface area contributed by atoms with Crippen molar-refractivity contribution in [2.45, 2.75) is 6.42 Å². The van der Waals surface area contributed by atoms with Crippen LogP contribution in [0.4, 0.5) is 5.82 Å². The summed E-state index contributed by atoms with van der Waals surface area (Å²) in [6.07, 6.45) is 2.35. The number of rotatable bonds is 2. The first-order valence-electron chi connectivity index (χ1n) is 5.71. The number of ether oxygens (including phenoxy) is 2. The smallest absolute Gasteiger partial charge is 0.187 e. The number of methoxy groups -OCH3 is 1. The van der Waals surface area contributed by atoms with Gasteiger partial charge in [-0.05, 0) is 11.6 Å². The van der Waals surface area contributed by atoms with Crippen molar-refractivity contribution in [1.29, 1.82) is 0 Å². The van der Waals surface area contributed by atoms with Crippen LogP contribution < -0.4 is 15.2 Å². The van der Waals surface area contributed by atoms with Crippen molar-refractivity contribution in [3.63, 3.8) is 0 Å². The van der Waals surface area contributed by atoms with Gasteiger partial charge in [-0.15, -0.1) is 0 Å². The first-order valence-corrected chi connectivity index (χ1v) is 5.71. The number of para-hydroxylation sites is 1. The van der Waals surface area contributed by atoms with Crippen LogP contribution in [0.2, 0.25) is 0 Å². The summed E-state index contributed by atoms with van der Waals surface area (Å²) in [4.78, 5) is 8.19. The first-order chi connectivity index (χ1) is 8.81. The van der Waals surface area contributed by atoms with Crippen molar-refractivity contribution in [3.8, 4) is 22.8 Å². The molecule has 0 fully saturated rings. The molecule has 0 saturated carbocycles. The Morgan fingerprint density at radius 2 is 2.22 bits per heavy atom. The third kappa shape index (κ3) is 1.55. The number of hydrogen-bond donors (Lipinski definition) is 1. The minimum atomic E-state index is 0.332. The number of fused-ring (bicyclic) bond motifs is 1. The van der Waals surface area contributed by atoms with Crippen LogP contribution in [-0.2, 0) is 6.42 Å². The van der Waals surface area contributed by atoms with Gasteiger partial charge in [-0.2, -0.15) is 0 Å². The number of hydrogen-bond acceptors (Lipinski definition) is 5. The molecule has 2 N–H and O–H groups in total. The van der Waals surface area contributed by atoms with Gasteiger partial charge in [0.25, 0.3) is 0 Å². The van der Waals surface area contributed by atoms with Crippen LogP contribution in [0, 0.1) is 0 Å². The number of nitrogens with two attached hydrogens (primary N) is 1. The highest BCUT2D eigenvalue weighted by molar-refractivity contribution is 5.77. The Morgan fingerprint density at radius 1 is 1.33 bits per heavy atom. The monoisotopic (exact) mass is 243 g/mol. The maximum Gasteiger partial charge on any atom is 0.187 e. The summed E-state index contributed by atoms with van der Waals surface area (Å²) in [6, 6.07) is 6.00. The van der Waals surface area contributed by atoms with Crippen LogP contribution in [0.1, 0.15) is 5.56 Å². The van der Waals surface area contributed by atoms with E-state index in [4.69, 9.17) is 15.2 Å². The first kappa shape index (κ1) is 10.8. The average Bonchev–Trinajstić information content (AvgIpc) is 2.86. The normalized spacial score (nSPS) is 12.9. The molecule has 0 spiro atoms. The van der Waals surface area contributed by atoms with E-state index in [1.807, 2.05) is 12.1 Å². The number of nitrogens with zero attached hydrogens (tertiary/aromatic N) is 2. The van der Waals surface area contributed by atoms with Crippen LogP contribution in [0.15, 0.2) is 24.5 Å². The molecular weight excluding hydrogens is 230 g/mol. The van der Waals surface area contributed by atoms with Gasteiger partial charge in [0.05, 0.1) is 13.7 Å². The maximum atomic E-state index is 5.80. The van der Waals surface area contributed by atoms with Crippen molar-refractivity contribution in [1.82, 2.24) is 9.97 Å². The second kappa shape index (κ2) is 4.18. The molecule has 2 heterocycles. The van der Waals surface area contributed by atoms with Crippen LogP contribution in [0.25, 0.3) is 11.3 Å². The van der Waals surface area contributed by atoms with E-state index in [1.54, 1.807) is 7.11 Å². The second-order valence-corrected chi connectivity index (χ2v) is 4.03. The molecule has 0 atom stereocenters. The lowest BCUT2D eigenvalue weighted by Gasteiger charge is -2.11. The van der Waals surface area contributed by atoms with E-state index in [-0.39, 0.29) is 0 Å². The average molecular weight is 243 g/mol. The minimum Gasteiger partial charge on any atom is -0.492 e. The molecule has 0 bridgehead atoms. The molecule has 0 unspecified atom stereocenters. The van der Waals surface area contributed by atoms with Gasteiger partial charge in [0.2, 0.25) is 0 Å². The number of aromatic nitrogens is 2. The van der Waals surface area contributed by atoms with E-state index in [2.05, 4.69) is 16.0 Å². The summed E-state index contributed by atoms with van der Waals surface area (Å²) in [7, 11) is 1.56. The molecule has 0 radical (unpaired) electrons. The fourth-order valence-corrected chi connectivity index (χ4v) is 2.18. The van der Waals surface area contributed by atoms with Gasteiger partial charge in [0, 0.05) is 12.0 Å². The molecule has 5 nitrogen and oxygen atoms in total. The standard InChI is InChI=1S/C13H13N3O2/c1-17-12-10(15-7-16-13(12)14)9-4-2-3-8-5-6-18-11(8)9/h2-4,7H,5-6H2,1H3,(H2,14,15,16). The zero-order valence-electron chi connectivity index (χ0n) is 10.0. The lowest BCUT2D eigenvalue weighted by atomic mass is 10.0. The Hall–Kier alpha value is -2.30. The molecular formula is C13H13N3O2. The van der Waals surface area contributed by atoms with Crippen molar-refractivity contribution in [2.24, 2.45) is 0 Å². The molecule has 92 valence electrons. The Labute approximate surface area is 105 Å². The van der Waals surface area contributed by atoms with E-state index in [1.165, 1.54) is 11.9 Å². The maximum absolute atomic E-state index is 5.80. The minimum absolute atomic E-state index is 0.332. The van der Waals surface area contributed by atoms with Crippen LogP contribution in [0.5, 0.6) is 11.5 Å². The fraction of sp³-hybridized carbons (Fsp3) is 0.231. The van der Waals surface area contributed by atoms with Crippen LogP contribution in [-0.4, -0.2) is 23.7 Å². The van der Waals surface area contributed by atoms with Gasteiger partial charge >= 0.3 is 0 Å². The summed E-state index contributed by atoms with van der Waals surface area (Å²) in [5, 5.41) is 0. The van der Waals surface area contributed by atoms with Crippen molar-refractivity contribution in [2.75, 3.05) is 19.5 Å². The summed E-state index contributed by atoms with van der Waals surface area (Å²) in [5.41, 5.74) is 8.55. The number of anilines is 1. The molecule has 1 aliphatic heterocycles. The lowest BCUT2D eigenvalue weighted by molar-refractivity contribution is 0.357. The second-order valence-electron chi connectivity index (χ2n) is 4.03. The molecule has 3 rings (SSSR count). The van der Waals surface area contributed by atoms with Crippen molar-refractivity contribution < 1.29 is 9.47 Å². The Kier molecular flexibility index (Phi) is 2.51. The zero-order chi connectivity index (χ0) is 12.5.